The van der Waals surface area contributed by atoms with Crippen LogP contribution in [0.3, 0.4) is 0 Å². The Morgan fingerprint density at radius 2 is 1.88 bits per heavy atom. The van der Waals surface area contributed by atoms with Gasteiger partial charge in [0.25, 0.3) is 5.91 Å². The molecule has 2 aromatic rings. The third-order valence-electron chi connectivity index (χ3n) is 3.97. The Morgan fingerprint density at radius 3 is 2.58 bits per heavy atom. The molecule has 0 atom stereocenters. The Bertz CT molecular complexity index is 804. The zero-order valence-electron chi connectivity index (χ0n) is 13.6. The van der Waals surface area contributed by atoms with E-state index in [-0.39, 0.29) is 17.0 Å². The van der Waals surface area contributed by atoms with Crippen molar-refractivity contribution >= 4 is 11.6 Å². The first-order valence-corrected chi connectivity index (χ1v) is 7.95. The highest BCUT2D eigenvalue weighted by Crippen LogP contribution is 2.25. The molecule has 1 heterocycles. The van der Waals surface area contributed by atoms with Crippen LogP contribution in [0.25, 0.3) is 0 Å². The lowest BCUT2D eigenvalue weighted by atomic mass is 9.99. The zero-order chi connectivity index (χ0) is 18.7. The summed E-state index contributed by atoms with van der Waals surface area (Å²) >= 11 is 0. The lowest BCUT2D eigenvalue weighted by molar-refractivity contribution is -0.153. The molecule has 0 radical (unpaired) electrons. The molecule has 1 amide bonds. The first kappa shape index (κ1) is 18.2. The second kappa shape index (κ2) is 7.33. The fraction of sp³-hybridized carbons (Fsp3) is 0.278. The minimum atomic E-state index is -4.43. The predicted octanol–water partition coefficient (Wildman–Crippen LogP) is 3.66. The summed E-state index contributed by atoms with van der Waals surface area (Å²) in [5.41, 5.74) is 1.70. The summed E-state index contributed by atoms with van der Waals surface area (Å²) in [7, 11) is 0. The predicted molar refractivity (Wildman–Crippen MR) is 87.8 cm³/mol. The van der Waals surface area contributed by atoms with Gasteiger partial charge in [0.05, 0.1) is 5.69 Å². The van der Waals surface area contributed by atoms with Crippen LogP contribution in [0, 0.1) is 5.82 Å². The smallest absolute Gasteiger partial charge is 0.422 e. The molecule has 3 rings (SSSR count). The minimum absolute atomic E-state index is 0.00802. The van der Waals surface area contributed by atoms with Gasteiger partial charge >= 0.3 is 6.18 Å². The lowest BCUT2D eigenvalue weighted by Crippen LogP contribution is -2.25. The number of hydrogen-bond acceptors (Lipinski definition) is 3. The maximum Gasteiger partial charge on any atom is 0.422 e. The van der Waals surface area contributed by atoms with Crippen LogP contribution in [0.15, 0.2) is 36.4 Å². The molecular weight excluding hydrogens is 352 g/mol. The van der Waals surface area contributed by atoms with Crippen molar-refractivity contribution in [3.05, 3.63) is 58.9 Å². The summed E-state index contributed by atoms with van der Waals surface area (Å²) in [4.78, 5) is 12.3. The summed E-state index contributed by atoms with van der Waals surface area (Å²) in [6, 6.07) is 8.42. The highest BCUT2D eigenvalue weighted by molar-refractivity contribution is 6.04. The highest BCUT2D eigenvalue weighted by Gasteiger charge is 2.28. The van der Waals surface area contributed by atoms with Gasteiger partial charge in [-0.25, -0.2) is 4.39 Å². The highest BCUT2D eigenvalue weighted by atomic mass is 19.4. The van der Waals surface area contributed by atoms with E-state index in [0.29, 0.717) is 25.1 Å². The molecular formula is C18H16F4N2O2. The van der Waals surface area contributed by atoms with Crippen molar-refractivity contribution < 1.29 is 27.1 Å². The maximum absolute atomic E-state index is 14.5. The number of nitrogens with one attached hydrogen (secondary N) is 2. The van der Waals surface area contributed by atoms with Crippen molar-refractivity contribution in [1.82, 2.24) is 5.32 Å². The van der Waals surface area contributed by atoms with Gasteiger partial charge < -0.3 is 15.4 Å². The summed E-state index contributed by atoms with van der Waals surface area (Å²) in [5, 5.41) is 5.64. The Labute approximate surface area is 147 Å². The molecule has 26 heavy (non-hydrogen) atoms. The first-order chi connectivity index (χ1) is 12.3. The third kappa shape index (κ3) is 4.32. The normalized spacial score (nSPS) is 13.8. The largest absolute Gasteiger partial charge is 0.484 e. The van der Waals surface area contributed by atoms with Crippen molar-refractivity contribution in [2.24, 2.45) is 0 Å². The van der Waals surface area contributed by atoms with Gasteiger partial charge in [-0.1, -0.05) is 6.07 Å². The van der Waals surface area contributed by atoms with Crippen LogP contribution >= 0.6 is 0 Å². The Balaban J connectivity index is 1.68. The van der Waals surface area contributed by atoms with E-state index in [1.807, 2.05) is 0 Å². The van der Waals surface area contributed by atoms with Crippen LogP contribution in [-0.2, 0) is 13.0 Å². The van der Waals surface area contributed by atoms with Crippen LogP contribution < -0.4 is 15.4 Å². The molecule has 138 valence electrons. The van der Waals surface area contributed by atoms with Crippen LogP contribution in [0.2, 0.25) is 0 Å². The minimum Gasteiger partial charge on any atom is -0.484 e. The van der Waals surface area contributed by atoms with Gasteiger partial charge in [-0.2, -0.15) is 13.2 Å². The average molecular weight is 368 g/mol. The topological polar surface area (TPSA) is 50.4 Å². The number of amides is 1. The summed E-state index contributed by atoms with van der Waals surface area (Å²) in [6.07, 6.45) is -3.90. The molecule has 1 aliphatic heterocycles. The van der Waals surface area contributed by atoms with E-state index < -0.39 is 24.5 Å². The van der Waals surface area contributed by atoms with Gasteiger partial charge in [0, 0.05) is 12.1 Å². The molecule has 0 spiro atoms. The second-order valence-corrected chi connectivity index (χ2v) is 5.87. The number of anilines is 1. The molecule has 0 aliphatic carbocycles. The molecule has 2 N–H and O–H groups in total. The number of alkyl halides is 3. The van der Waals surface area contributed by atoms with Crippen LogP contribution in [-0.4, -0.2) is 25.2 Å². The number of ether oxygens (including phenoxy) is 1. The molecule has 0 unspecified atom stereocenters. The van der Waals surface area contributed by atoms with E-state index in [1.165, 1.54) is 30.3 Å². The SMILES string of the molecule is O=C(Nc1ccc2c(c1F)CCNC2)c1ccc(OCC(F)(F)F)cc1. The molecule has 0 saturated carbocycles. The molecule has 4 nitrogen and oxygen atoms in total. The molecule has 2 aromatic carbocycles. The maximum atomic E-state index is 14.5. The van der Waals surface area contributed by atoms with Crippen molar-refractivity contribution in [3.63, 3.8) is 0 Å². The standard InChI is InChI=1S/C18H16F4N2O2/c19-16-14-7-8-23-9-12(14)3-6-15(16)24-17(25)11-1-4-13(5-2-11)26-10-18(20,21)22/h1-6,23H,7-10H2,(H,24,25). The van der Waals surface area contributed by atoms with E-state index in [2.05, 4.69) is 15.4 Å². The second-order valence-electron chi connectivity index (χ2n) is 5.87. The fourth-order valence-electron chi connectivity index (χ4n) is 2.69. The third-order valence-corrected chi connectivity index (χ3v) is 3.97. The van der Waals surface area contributed by atoms with E-state index in [1.54, 1.807) is 6.07 Å². The van der Waals surface area contributed by atoms with Crippen molar-refractivity contribution in [3.8, 4) is 5.75 Å². The zero-order valence-corrected chi connectivity index (χ0v) is 13.6. The van der Waals surface area contributed by atoms with Crippen LogP contribution in [0.1, 0.15) is 21.5 Å². The number of hydrogen-bond donors (Lipinski definition) is 2. The molecule has 0 bridgehead atoms. The van der Waals surface area contributed by atoms with Crippen molar-refractivity contribution in [2.45, 2.75) is 19.1 Å². The fourth-order valence-corrected chi connectivity index (χ4v) is 2.69. The van der Waals surface area contributed by atoms with E-state index >= 15 is 0 Å². The monoisotopic (exact) mass is 368 g/mol. The lowest BCUT2D eigenvalue weighted by Gasteiger charge is -2.19. The summed E-state index contributed by atoms with van der Waals surface area (Å²) in [6.45, 7) is -0.158. The molecule has 0 fully saturated rings. The van der Waals surface area contributed by atoms with E-state index in [4.69, 9.17) is 0 Å². The van der Waals surface area contributed by atoms with Gasteiger partial charge in [0.2, 0.25) is 0 Å². The van der Waals surface area contributed by atoms with E-state index in [0.717, 1.165) is 5.56 Å². The number of fused-ring (bicyclic) bond motifs is 1. The van der Waals surface area contributed by atoms with Crippen molar-refractivity contribution in [1.29, 1.82) is 0 Å². The number of carbonyl (C=O) groups is 1. The summed E-state index contributed by atoms with van der Waals surface area (Å²) < 4.78 is 55.5. The van der Waals surface area contributed by atoms with Crippen LogP contribution in [0.4, 0.5) is 23.2 Å². The van der Waals surface area contributed by atoms with Crippen molar-refractivity contribution in [2.75, 3.05) is 18.5 Å². The number of halogens is 4. The Kier molecular flexibility index (Phi) is 5.13. The molecule has 8 heteroatoms. The quantitative estimate of drug-likeness (QED) is 0.810. The van der Waals surface area contributed by atoms with Gasteiger partial charge in [-0.05, 0) is 54.4 Å². The van der Waals surface area contributed by atoms with Gasteiger partial charge in [-0.3, -0.25) is 4.79 Å². The molecule has 1 aliphatic rings. The average Bonchev–Trinajstić information content (AvgIpc) is 2.62. The Morgan fingerprint density at radius 1 is 1.15 bits per heavy atom. The number of carbonyl (C=O) groups excluding carboxylic acids is 1. The van der Waals surface area contributed by atoms with Crippen LogP contribution in [0.5, 0.6) is 5.75 Å². The summed E-state index contributed by atoms with van der Waals surface area (Å²) in [5.74, 6) is -1.02. The number of rotatable bonds is 4. The van der Waals surface area contributed by atoms with E-state index in [9.17, 15) is 22.4 Å². The Hall–Kier alpha value is -2.61. The van der Waals surface area contributed by atoms with Gasteiger partial charge in [0.1, 0.15) is 11.6 Å². The molecule has 0 saturated heterocycles. The number of benzene rings is 2. The van der Waals surface area contributed by atoms with Gasteiger partial charge in [0.15, 0.2) is 6.61 Å². The van der Waals surface area contributed by atoms with Gasteiger partial charge in [-0.15, -0.1) is 0 Å². The first-order valence-electron chi connectivity index (χ1n) is 7.95. The molecule has 0 aromatic heterocycles.